The van der Waals surface area contributed by atoms with Gasteiger partial charge in [0.25, 0.3) is 0 Å². The van der Waals surface area contributed by atoms with Crippen LogP contribution in [0.1, 0.15) is 11.1 Å². The molecule has 6 nitrogen and oxygen atoms in total. The van der Waals surface area contributed by atoms with E-state index in [-0.39, 0.29) is 17.0 Å². The molecule has 0 spiro atoms. The zero-order valence-corrected chi connectivity index (χ0v) is 13.6. The van der Waals surface area contributed by atoms with Crippen LogP contribution in [-0.2, 0) is 23.6 Å². The van der Waals surface area contributed by atoms with Gasteiger partial charge in [-0.05, 0) is 24.6 Å². The Balaban J connectivity index is 1.88. The molecule has 0 radical (unpaired) electrons. The average Bonchev–Trinajstić information content (AvgIpc) is 2.80. The maximum absolute atomic E-state index is 12.4. The highest BCUT2D eigenvalue weighted by Crippen LogP contribution is 2.18. The Morgan fingerprint density at radius 2 is 1.96 bits per heavy atom. The van der Waals surface area contributed by atoms with Gasteiger partial charge in [0.2, 0.25) is 10.0 Å². The first kappa shape index (κ1) is 15.5. The summed E-state index contributed by atoms with van der Waals surface area (Å²) in [6, 6.07) is 12.0. The first-order valence-electron chi connectivity index (χ1n) is 7.01. The molecule has 1 aromatic heterocycles. The smallest absolute Gasteiger partial charge is 0.408 e. The van der Waals surface area contributed by atoms with Gasteiger partial charge in [0.15, 0.2) is 5.58 Å². The Morgan fingerprint density at radius 1 is 1.17 bits per heavy atom. The lowest BCUT2D eigenvalue weighted by Gasteiger charge is -2.07. The van der Waals surface area contributed by atoms with E-state index in [1.807, 2.05) is 31.2 Å². The summed E-state index contributed by atoms with van der Waals surface area (Å²) < 4.78 is 33.7. The number of oxazole rings is 1. The van der Waals surface area contributed by atoms with Crippen LogP contribution in [0.2, 0.25) is 0 Å². The molecule has 0 atom stereocenters. The quantitative estimate of drug-likeness (QED) is 0.791. The number of fused-ring (bicyclic) bond motifs is 1. The van der Waals surface area contributed by atoms with Crippen molar-refractivity contribution in [2.45, 2.75) is 18.4 Å². The first-order chi connectivity index (χ1) is 10.9. The lowest BCUT2D eigenvalue weighted by molar-refractivity contribution is 0.527. The largest absolute Gasteiger partial charge is 0.419 e. The summed E-state index contributed by atoms with van der Waals surface area (Å²) in [6.07, 6.45) is 0. The maximum Gasteiger partial charge on any atom is 0.419 e. The number of aromatic nitrogens is 1. The van der Waals surface area contributed by atoms with Crippen molar-refractivity contribution in [2.24, 2.45) is 7.05 Å². The van der Waals surface area contributed by atoms with Gasteiger partial charge in [0.05, 0.1) is 10.4 Å². The number of nitrogens with one attached hydrogen (secondary N) is 1. The van der Waals surface area contributed by atoms with E-state index in [0.29, 0.717) is 5.52 Å². The van der Waals surface area contributed by atoms with E-state index in [2.05, 4.69) is 4.72 Å². The van der Waals surface area contributed by atoms with Crippen molar-refractivity contribution in [2.75, 3.05) is 0 Å². The molecule has 0 saturated carbocycles. The maximum atomic E-state index is 12.4. The molecule has 1 heterocycles. The number of rotatable bonds is 4. The van der Waals surface area contributed by atoms with Crippen molar-refractivity contribution < 1.29 is 12.8 Å². The Morgan fingerprint density at radius 3 is 2.70 bits per heavy atom. The lowest BCUT2D eigenvalue weighted by Crippen LogP contribution is -2.23. The standard InChI is InChI=1S/C16H16N2O4S/c1-11-4-3-5-12(8-11)10-17-23(20,21)13-6-7-14-15(9-13)22-16(19)18(14)2/h3-9,17H,10H2,1-2H3. The molecule has 0 amide bonds. The van der Waals surface area contributed by atoms with E-state index in [0.717, 1.165) is 11.1 Å². The third-order valence-corrected chi connectivity index (χ3v) is 5.02. The summed E-state index contributed by atoms with van der Waals surface area (Å²) in [5, 5.41) is 0. The SMILES string of the molecule is Cc1cccc(CNS(=O)(=O)c2ccc3c(c2)oc(=O)n3C)c1. The molecule has 0 aliphatic rings. The van der Waals surface area contributed by atoms with Crippen LogP contribution in [0.5, 0.6) is 0 Å². The number of benzene rings is 2. The number of hydrogen-bond acceptors (Lipinski definition) is 4. The Bertz CT molecular complexity index is 1030. The Kier molecular flexibility index (Phi) is 3.83. The van der Waals surface area contributed by atoms with Crippen molar-refractivity contribution in [3.63, 3.8) is 0 Å². The van der Waals surface area contributed by atoms with Crippen molar-refractivity contribution in [1.29, 1.82) is 0 Å². The fraction of sp³-hybridized carbons (Fsp3) is 0.188. The van der Waals surface area contributed by atoms with E-state index in [1.54, 1.807) is 13.1 Å². The lowest BCUT2D eigenvalue weighted by atomic mass is 10.1. The minimum Gasteiger partial charge on any atom is -0.408 e. The summed E-state index contributed by atoms with van der Waals surface area (Å²) in [5.41, 5.74) is 2.73. The number of nitrogens with zero attached hydrogens (tertiary/aromatic N) is 1. The summed E-state index contributed by atoms with van der Waals surface area (Å²) in [4.78, 5) is 11.5. The molecular formula is C16H16N2O4S. The van der Waals surface area contributed by atoms with Gasteiger partial charge < -0.3 is 4.42 Å². The zero-order chi connectivity index (χ0) is 16.6. The van der Waals surface area contributed by atoms with E-state index in [9.17, 15) is 13.2 Å². The molecule has 23 heavy (non-hydrogen) atoms. The van der Waals surface area contributed by atoms with Crippen LogP contribution in [0, 0.1) is 6.92 Å². The molecule has 0 aliphatic carbocycles. The van der Waals surface area contributed by atoms with Crippen molar-refractivity contribution in [3.05, 3.63) is 64.1 Å². The molecule has 7 heteroatoms. The van der Waals surface area contributed by atoms with Crippen LogP contribution in [0.25, 0.3) is 11.1 Å². The zero-order valence-electron chi connectivity index (χ0n) is 12.7. The predicted molar refractivity (Wildman–Crippen MR) is 86.7 cm³/mol. The summed E-state index contributed by atoms with van der Waals surface area (Å²) in [5.74, 6) is -0.526. The van der Waals surface area contributed by atoms with Crippen LogP contribution in [0.3, 0.4) is 0 Å². The van der Waals surface area contributed by atoms with Gasteiger partial charge in [-0.15, -0.1) is 0 Å². The van der Waals surface area contributed by atoms with Crippen LogP contribution in [0.15, 0.2) is 56.6 Å². The van der Waals surface area contributed by atoms with Gasteiger partial charge in [-0.3, -0.25) is 4.57 Å². The highest BCUT2D eigenvalue weighted by molar-refractivity contribution is 7.89. The number of hydrogen-bond donors (Lipinski definition) is 1. The third kappa shape index (κ3) is 3.06. The highest BCUT2D eigenvalue weighted by Gasteiger charge is 2.16. The van der Waals surface area contributed by atoms with Crippen LogP contribution in [-0.4, -0.2) is 13.0 Å². The third-order valence-electron chi connectivity index (χ3n) is 3.62. The van der Waals surface area contributed by atoms with Crippen LogP contribution < -0.4 is 10.5 Å². The van der Waals surface area contributed by atoms with E-state index < -0.39 is 15.8 Å². The molecule has 0 bridgehead atoms. The van der Waals surface area contributed by atoms with Gasteiger partial charge in [-0.1, -0.05) is 29.8 Å². The fourth-order valence-corrected chi connectivity index (χ4v) is 3.40. The van der Waals surface area contributed by atoms with Crippen molar-refractivity contribution in [1.82, 2.24) is 9.29 Å². The molecule has 0 aliphatic heterocycles. The molecule has 2 aromatic carbocycles. The molecule has 3 rings (SSSR count). The average molecular weight is 332 g/mol. The number of aryl methyl sites for hydroxylation is 2. The van der Waals surface area contributed by atoms with Gasteiger partial charge in [-0.2, -0.15) is 0 Å². The molecule has 1 N–H and O–H groups in total. The minimum atomic E-state index is -3.69. The normalized spacial score (nSPS) is 11.9. The van der Waals surface area contributed by atoms with E-state index in [1.165, 1.54) is 16.7 Å². The second-order valence-electron chi connectivity index (χ2n) is 5.37. The van der Waals surface area contributed by atoms with Crippen LogP contribution in [0.4, 0.5) is 0 Å². The second kappa shape index (κ2) is 5.68. The highest BCUT2D eigenvalue weighted by atomic mass is 32.2. The van der Waals surface area contributed by atoms with Gasteiger partial charge in [0, 0.05) is 19.7 Å². The van der Waals surface area contributed by atoms with Crippen LogP contribution >= 0.6 is 0 Å². The second-order valence-corrected chi connectivity index (χ2v) is 7.14. The molecule has 120 valence electrons. The number of sulfonamides is 1. The van der Waals surface area contributed by atoms with Crippen molar-refractivity contribution >= 4 is 21.1 Å². The fourth-order valence-electron chi connectivity index (χ4n) is 2.37. The van der Waals surface area contributed by atoms with Crippen molar-refractivity contribution in [3.8, 4) is 0 Å². The molecule has 0 unspecified atom stereocenters. The molecule has 3 aromatic rings. The molecular weight excluding hydrogens is 316 g/mol. The van der Waals surface area contributed by atoms with E-state index >= 15 is 0 Å². The molecule has 0 fully saturated rings. The topological polar surface area (TPSA) is 81.3 Å². The van der Waals surface area contributed by atoms with Gasteiger partial charge >= 0.3 is 5.76 Å². The monoisotopic (exact) mass is 332 g/mol. The Hall–Kier alpha value is -2.38. The first-order valence-corrected chi connectivity index (χ1v) is 8.50. The van der Waals surface area contributed by atoms with Gasteiger partial charge in [0.1, 0.15) is 0 Å². The Labute approximate surface area is 133 Å². The summed E-state index contributed by atoms with van der Waals surface area (Å²) >= 11 is 0. The van der Waals surface area contributed by atoms with Gasteiger partial charge in [-0.25, -0.2) is 17.9 Å². The molecule has 0 saturated heterocycles. The summed E-state index contributed by atoms with van der Waals surface area (Å²) in [7, 11) is -2.12. The minimum absolute atomic E-state index is 0.0620. The van der Waals surface area contributed by atoms with E-state index in [4.69, 9.17) is 4.42 Å². The summed E-state index contributed by atoms with van der Waals surface area (Å²) in [6.45, 7) is 2.14. The predicted octanol–water partition coefficient (Wildman–Crippen LogP) is 1.92.